The van der Waals surface area contributed by atoms with Crippen molar-refractivity contribution in [3.8, 4) is 0 Å². The summed E-state index contributed by atoms with van der Waals surface area (Å²) in [5.41, 5.74) is 1.21. The van der Waals surface area contributed by atoms with Gasteiger partial charge >= 0.3 is 5.97 Å². The number of anilines is 1. The lowest BCUT2D eigenvalue weighted by Gasteiger charge is -2.39. The lowest BCUT2D eigenvalue weighted by atomic mass is 9.87. The highest BCUT2D eigenvalue weighted by atomic mass is 16.4. The fourth-order valence-electron chi connectivity index (χ4n) is 2.64. The Morgan fingerprint density at radius 2 is 2.11 bits per heavy atom. The number of piperidine rings is 1. The average molecular weight is 262 g/mol. The van der Waals surface area contributed by atoms with E-state index in [-0.39, 0.29) is 0 Å². The van der Waals surface area contributed by atoms with Crippen molar-refractivity contribution in [2.75, 3.05) is 25.0 Å². The van der Waals surface area contributed by atoms with Gasteiger partial charge in [-0.15, -0.1) is 0 Å². The number of likely N-dealkylation sites (tertiary alicyclic amines) is 1. The average Bonchev–Trinajstić information content (AvgIpc) is 2.39. The van der Waals surface area contributed by atoms with Crippen LogP contribution in [0.25, 0.3) is 0 Å². The van der Waals surface area contributed by atoms with E-state index in [0.717, 1.165) is 30.9 Å². The van der Waals surface area contributed by atoms with Gasteiger partial charge in [-0.05, 0) is 44.0 Å². The minimum absolute atomic E-state index is 0.643. The highest BCUT2D eigenvalue weighted by Gasteiger charge is 2.41. The van der Waals surface area contributed by atoms with Crippen molar-refractivity contribution in [2.45, 2.75) is 32.2 Å². The van der Waals surface area contributed by atoms with E-state index in [0.29, 0.717) is 12.8 Å². The summed E-state index contributed by atoms with van der Waals surface area (Å²) in [5.74, 6) is -0.746. The first-order valence-corrected chi connectivity index (χ1v) is 6.86. The van der Waals surface area contributed by atoms with Crippen LogP contribution in [0.1, 0.15) is 25.3 Å². The van der Waals surface area contributed by atoms with Gasteiger partial charge in [0.05, 0.1) is 0 Å². The van der Waals surface area contributed by atoms with Gasteiger partial charge < -0.3 is 15.3 Å². The third kappa shape index (κ3) is 3.07. The number of benzene rings is 1. The predicted octanol–water partition coefficient (Wildman–Crippen LogP) is 2.35. The standard InChI is InChI=1S/C15H22N2O2/c1-3-17-9-7-15(8-10-17,14(18)19)16-13-6-4-5-12(2)11-13/h4-6,11,16H,3,7-10H2,1-2H3,(H,18,19). The van der Waals surface area contributed by atoms with Gasteiger partial charge in [0.1, 0.15) is 5.54 Å². The second-order valence-electron chi connectivity index (χ2n) is 5.32. The maximum atomic E-state index is 11.7. The molecule has 2 N–H and O–H groups in total. The first-order chi connectivity index (χ1) is 9.05. The van der Waals surface area contributed by atoms with Crippen molar-refractivity contribution < 1.29 is 9.90 Å². The highest BCUT2D eigenvalue weighted by molar-refractivity contribution is 5.83. The fraction of sp³-hybridized carbons (Fsp3) is 0.533. The summed E-state index contributed by atoms with van der Waals surface area (Å²) in [6.07, 6.45) is 1.29. The van der Waals surface area contributed by atoms with Gasteiger partial charge in [-0.3, -0.25) is 0 Å². The Morgan fingerprint density at radius 3 is 2.63 bits per heavy atom. The quantitative estimate of drug-likeness (QED) is 0.874. The van der Waals surface area contributed by atoms with Crippen molar-refractivity contribution in [1.82, 2.24) is 4.90 Å². The molecule has 1 aliphatic rings. The Kier molecular flexibility index (Phi) is 4.10. The van der Waals surface area contributed by atoms with Crippen LogP contribution in [-0.2, 0) is 4.79 Å². The van der Waals surface area contributed by atoms with Gasteiger partial charge in [0.15, 0.2) is 0 Å². The molecule has 1 heterocycles. The van der Waals surface area contributed by atoms with Gasteiger partial charge in [-0.1, -0.05) is 19.1 Å². The molecule has 0 spiro atoms. The van der Waals surface area contributed by atoms with E-state index in [1.807, 2.05) is 31.2 Å². The summed E-state index contributed by atoms with van der Waals surface area (Å²) in [6, 6.07) is 7.90. The van der Waals surface area contributed by atoms with Crippen LogP contribution in [0.4, 0.5) is 5.69 Å². The molecule has 1 saturated heterocycles. The Bertz CT molecular complexity index is 451. The number of carboxylic acids is 1. The van der Waals surface area contributed by atoms with Gasteiger partial charge in [-0.2, -0.15) is 0 Å². The van der Waals surface area contributed by atoms with Crippen molar-refractivity contribution in [1.29, 1.82) is 0 Å². The number of hydrogen-bond acceptors (Lipinski definition) is 3. The Morgan fingerprint density at radius 1 is 1.42 bits per heavy atom. The molecule has 0 radical (unpaired) electrons. The maximum Gasteiger partial charge on any atom is 0.329 e. The Hall–Kier alpha value is -1.55. The van der Waals surface area contributed by atoms with Crippen LogP contribution in [0.2, 0.25) is 0 Å². The van der Waals surface area contributed by atoms with Gasteiger partial charge in [-0.25, -0.2) is 4.79 Å². The summed E-state index contributed by atoms with van der Waals surface area (Å²) in [6.45, 7) is 6.78. The third-order valence-corrected chi connectivity index (χ3v) is 3.97. The molecule has 4 heteroatoms. The SMILES string of the molecule is CCN1CCC(Nc2cccc(C)c2)(C(=O)O)CC1. The molecule has 0 saturated carbocycles. The highest BCUT2D eigenvalue weighted by Crippen LogP contribution is 2.27. The van der Waals surface area contributed by atoms with E-state index in [1.54, 1.807) is 0 Å². The lowest BCUT2D eigenvalue weighted by Crippen LogP contribution is -2.54. The number of nitrogens with one attached hydrogen (secondary N) is 1. The second-order valence-corrected chi connectivity index (χ2v) is 5.32. The molecule has 0 bridgehead atoms. The summed E-state index contributed by atoms with van der Waals surface area (Å²) < 4.78 is 0. The number of nitrogens with zero attached hydrogens (tertiary/aromatic N) is 1. The van der Waals surface area contributed by atoms with Crippen LogP contribution < -0.4 is 5.32 Å². The van der Waals surface area contributed by atoms with E-state index in [2.05, 4.69) is 17.1 Å². The molecular weight excluding hydrogens is 240 g/mol. The molecule has 1 fully saturated rings. The smallest absolute Gasteiger partial charge is 0.329 e. The molecule has 1 aliphatic heterocycles. The number of hydrogen-bond donors (Lipinski definition) is 2. The predicted molar refractivity (Wildman–Crippen MR) is 76.5 cm³/mol. The van der Waals surface area contributed by atoms with Crippen LogP contribution in [0.5, 0.6) is 0 Å². The first kappa shape index (κ1) is 13.9. The summed E-state index contributed by atoms with van der Waals surface area (Å²) in [5, 5.41) is 12.9. The molecule has 1 aromatic rings. The molecule has 1 aromatic carbocycles. The minimum Gasteiger partial charge on any atom is -0.480 e. The number of aryl methyl sites for hydroxylation is 1. The molecule has 0 amide bonds. The van der Waals surface area contributed by atoms with Crippen LogP contribution in [0, 0.1) is 6.92 Å². The third-order valence-electron chi connectivity index (χ3n) is 3.97. The van der Waals surface area contributed by atoms with Gasteiger partial charge in [0, 0.05) is 18.8 Å². The van der Waals surface area contributed by atoms with Crippen LogP contribution in [-0.4, -0.2) is 41.1 Å². The van der Waals surface area contributed by atoms with E-state index in [9.17, 15) is 9.90 Å². The topological polar surface area (TPSA) is 52.6 Å². The fourth-order valence-corrected chi connectivity index (χ4v) is 2.64. The summed E-state index contributed by atoms with van der Waals surface area (Å²) >= 11 is 0. The molecule has 4 nitrogen and oxygen atoms in total. The van der Waals surface area contributed by atoms with Crippen molar-refractivity contribution in [3.63, 3.8) is 0 Å². The van der Waals surface area contributed by atoms with E-state index < -0.39 is 11.5 Å². The second kappa shape index (κ2) is 5.61. The van der Waals surface area contributed by atoms with Crippen molar-refractivity contribution >= 4 is 11.7 Å². The first-order valence-electron chi connectivity index (χ1n) is 6.86. The monoisotopic (exact) mass is 262 g/mol. The van der Waals surface area contributed by atoms with E-state index >= 15 is 0 Å². The zero-order valence-electron chi connectivity index (χ0n) is 11.6. The number of carboxylic acid groups (broad SMARTS) is 1. The molecule has 0 unspecified atom stereocenters. The van der Waals surface area contributed by atoms with Crippen LogP contribution >= 0.6 is 0 Å². The van der Waals surface area contributed by atoms with Crippen molar-refractivity contribution in [3.05, 3.63) is 29.8 Å². The number of rotatable bonds is 4. The number of carbonyl (C=O) groups is 1. The zero-order chi connectivity index (χ0) is 13.9. The summed E-state index contributed by atoms with van der Waals surface area (Å²) in [4.78, 5) is 14.0. The van der Waals surface area contributed by atoms with Crippen LogP contribution in [0.15, 0.2) is 24.3 Å². The summed E-state index contributed by atoms with van der Waals surface area (Å²) in [7, 11) is 0. The molecule has 104 valence electrons. The lowest BCUT2D eigenvalue weighted by molar-refractivity contribution is -0.144. The molecular formula is C15H22N2O2. The minimum atomic E-state index is -0.820. The van der Waals surface area contributed by atoms with Crippen molar-refractivity contribution in [2.24, 2.45) is 0 Å². The van der Waals surface area contributed by atoms with E-state index in [1.165, 1.54) is 0 Å². The van der Waals surface area contributed by atoms with Gasteiger partial charge in [0.2, 0.25) is 0 Å². The van der Waals surface area contributed by atoms with E-state index in [4.69, 9.17) is 0 Å². The molecule has 19 heavy (non-hydrogen) atoms. The molecule has 2 rings (SSSR count). The number of aliphatic carboxylic acids is 1. The Balaban J connectivity index is 2.15. The molecule has 0 atom stereocenters. The van der Waals surface area contributed by atoms with Gasteiger partial charge in [0.25, 0.3) is 0 Å². The zero-order valence-corrected chi connectivity index (χ0v) is 11.6. The Labute approximate surface area is 114 Å². The maximum absolute atomic E-state index is 11.7. The normalized spacial score (nSPS) is 19.1. The molecule has 0 aliphatic carbocycles. The van der Waals surface area contributed by atoms with Crippen LogP contribution in [0.3, 0.4) is 0 Å². The largest absolute Gasteiger partial charge is 0.480 e. The molecule has 0 aromatic heterocycles.